The van der Waals surface area contributed by atoms with Crippen LogP contribution in [-0.4, -0.2) is 33.5 Å². The van der Waals surface area contributed by atoms with Crippen molar-refractivity contribution in [2.75, 3.05) is 33.5 Å². The Morgan fingerprint density at radius 2 is 1.95 bits per heavy atom. The van der Waals surface area contributed by atoms with Crippen molar-refractivity contribution in [2.24, 2.45) is 0 Å². The smallest absolute Gasteiger partial charge is 0.175 e. The summed E-state index contributed by atoms with van der Waals surface area (Å²) in [5.41, 5.74) is 1.16. The zero-order valence-corrected chi connectivity index (χ0v) is 13.4. The standard InChI is InChI=1S/C14H22BrNO3/c1-4-16-10-11-8-12(15)14(19-7-6-17-3)13(9-11)18-5-2/h8-9,16H,4-7,10H2,1-3H3. The Balaban J connectivity index is 2.87. The van der Waals surface area contributed by atoms with Crippen LogP contribution in [0.25, 0.3) is 0 Å². The number of nitrogens with one attached hydrogen (secondary N) is 1. The normalized spacial score (nSPS) is 10.5. The van der Waals surface area contributed by atoms with Gasteiger partial charge in [0.15, 0.2) is 11.5 Å². The molecule has 0 fully saturated rings. The molecule has 1 aromatic rings. The van der Waals surface area contributed by atoms with Crippen molar-refractivity contribution in [3.63, 3.8) is 0 Å². The average molecular weight is 332 g/mol. The molecule has 108 valence electrons. The molecule has 0 atom stereocenters. The molecule has 1 N–H and O–H groups in total. The first kappa shape index (κ1) is 16.3. The van der Waals surface area contributed by atoms with E-state index in [0.717, 1.165) is 34.6 Å². The summed E-state index contributed by atoms with van der Waals surface area (Å²) in [5.74, 6) is 1.50. The lowest BCUT2D eigenvalue weighted by molar-refractivity contribution is 0.143. The van der Waals surface area contributed by atoms with Gasteiger partial charge in [-0.25, -0.2) is 0 Å². The molecule has 0 aliphatic rings. The van der Waals surface area contributed by atoms with Gasteiger partial charge in [-0.3, -0.25) is 0 Å². The van der Waals surface area contributed by atoms with E-state index in [0.29, 0.717) is 19.8 Å². The minimum absolute atomic E-state index is 0.502. The van der Waals surface area contributed by atoms with Gasteiger partial charge in [0.1, 0.15) is 6.61 Å². The minimum Gasteiger partial charge on any atom is -0.490 e. The molecule has 0 amide bonds. The summed E-state index contributed by atoms with van der Waals surface area (Å²) in [5, 5.41) is 3.30. The van der Waals surface area contributed by atoms with Gasteiger partial charge in [0.05, 0.1) is 17.7 Å². The molecule has 0 saturated carbocycles. The fourth-order valence-corrected chi connectivity index (χ4v) is 2.23. The number of hydrogen-bond acceptors (Lipinski definition) is 4. The van der Waals surface area contributed by atoms with E-state index in [1.54, 1.807) is 7.11 Å². The molecular weight excluding hydrogens is 310 g/mol. The SMILES string of the molecule is CCNCc1cc(Br)c(OCCOC)c(OCC)c1. The first-order chi connectivity index (χ1) is 9.22. The maximum atomic E-state index is 5.70. The van der Waals surface area contributed by atoms with Crippen LogP contribution in [0.1, 0.15) is 19.4 Å². The highest BCUT2D eigenvalue weighted by atomic mass is 79.9. The van der Waals surface area contributed by atoms with Gasteiger partial charge in [-0.05, 0) is 47.1 Å². The molecule has 0 spiro atoms. The van der Waals surface area contributed by atoms with Crippen LogP contribution < -0.4 is 14.8 Å². The van der Waals surface area contributed by atoms with Gasteiger partial charge in [-0.15, -0.1) is 0 Å². The van der Waals surface area contributed by atoms with Gasteiger partial charge in [0, 0.05) is 13.7 Å². The molecule has 4 nitrogen and oxygen atoms in total. The molecule has 0 aliphatic carbocycles. The van der Waals surface area contributed by atoms with Crippen LogP contribution in [0.4, 0.5) is 0 Å². The molecular formula is C14H22BrNO3. The third-order valence-corrected chi connectivity index (χ3v) is 3.07. The Kier molecular flexibility index (Phi) is 7.86. The van der Waals surface area contributed by atoms with E-state index in [2.05, 4.69) is 28.2 Å². The molecule has 0 unspecified atom stereocenters. The molecule has 0 saturated heterocycles. The molecule has 0 radical (unpaired) electrons. The molecule has 5 heteroatoms. The lowest BCUT2D eigenvalue weighted by Crippen LogP contribution is -2.12. The summed E-state index contributed by atoms with van der Waals surface area (Å²) in [4.78, 5) is 0. The Labute approximate surface area is 123 Å². The predicted molar refractivity (Wildman–Crippen MR) is 80.1 cm³/mol. The summed E-state index contributed by atoms with van der Waals surface area (Å²) in [7, 11) is 1.65. The van der Waals surface area contributed by atoms with Crippen molar-refractivity contribution in [2.45, 2.75) is 20.4 Å². The first-order valence-electron chi connectivity index (χ1n) is 6.50. The number of ether oxygens (including phenoxy) is 3. The summed E-state index contributed by atoms with van der Waals surface area (Å²) < 4.78 is 17.2. The number of rotatable bonds is 9. The average Bonchev–Trinajstić information content (AvgIpc) is 2.40. The number of methoxy groups -OCH3 is 1. The van der Waals surface area contributed by atoms with Crippen LogP contribution in [0.2, 0.25) is 0 Å². The summed E-state index contributed by atoms with van der Waals surface area (Å²) in [6, 6.07) is 4.06. The second kappa shape index (κ2) is 9.18. The highest BCUT2D eigenvalue weighted by molar-refractivity contribution is 9.10. The van der Waals surface area contributed by atoms with Crippen molar-refractivity contribution in [1.82, 2.24) is 5.32 Å². The zero-order valence-electron chi connectivity index (χ0n) is 11.8. The molecule has 1 aromatic carbocycles. The molecule has 19 heavy (non-hydrogen) atoms. The predicted octanol–water partition coefficient (Wildman–Crippen LogP) is 2.98. The second-order valence-corrected chi connectivity index (χ2v) is 4.81. The monoisotopic (exact) mass is 331 g/mol. The Morgan fingerprint density at radius 3 is 2.58 bits per heavy atom. The van der Waals surface area contributed by atoms with Crippen LogP contribution in [-0.2, 0) is 11.3 Å². The summed E-state index contributed by atoms with van der Waals surface area (Å²) in [6.45, 7) is 7.46. The Morgan fingerprint density at radius 1 is 1.16 bits per heavy atom. The van der Waals surface area contributed by atoms with Crippen LogP contribution in [0.3, 0.4) is 0 Å². The van der Waals surface area contributed by atoms with Crippen molar-refractivity contribution in [3.05, 3.63) is 22.2 Å². The highest BCUT2D eigenvalue weighted by Gasteiger charge is 2.12. The van der Waals surface area contributed by atoms with Gasteiger partial charge in [-0.1, -0.05) is 6.92 Å². The number of halogens is 1. The first-order valence-corrected chi connectivity index (χ1v) is 7.29. The quantitative estimate of drug-likeness (QED) is 0.706. The van der Waals surface area contributed by atoms with E-state index >= 15 is 0 Å². The van der Waals surface area contributed by atoms with Crippen molar-refractivity contribution < 1.29 is 14.2 Å². The lowest BCUT2D eigenvalue weighted by atomic mass is 10.2. The van der Waals surface area contributed by atoms with Crippen LogP contribution in [0, 0.1) is 0 Å². The number of hydrogen-bond donors (Lipinski definition) is 1. The molecule has 0 aromatic heterocycles. The summed E-state index contributed by atoms with van der Waals surface area (Å²) in [6.07, 6.45) is 0. The van der Waals surface area contributed by atoms with E-state index < -0.39 is 0 Å². The van der Waals surface area contributed by atoms with Crippen LogP contribution in [0.5, 0.6) is 11.5 Å². The summed E-state index contributed by atoms with van der Waals surface area (Å²) >= 11 is 3.54. The molecule has 0 bridgehead atoms. The van der Waals surface area contributed by atoms with Gasteiger partial charge in [-0.2, -0.15) is 0 Å². The van der Waals surface area contributed by atoms with E-state index in [9.17, 15) is 0 Å². The van der Waals surface area contributed by atoms with Gasteiger partial charge >= 0.3 is 0 Å². The van der Waals surface area contributed by atoms with Crippen molar-refractivity contribution in [3.8, 4) is 11.5 Å². The maximum absolute atomic E-state index is 5.70. The van der Waals surface area contributed by atoms with Crippen molar-refractivity contribution >= 4 is 15.9 Å². The van der Waals surface area contributed by atoms with Gasteiger partial charge in [0.2, 0.25) is 0 Å². The van der Waals surface area contributed by atoms with E-state index in [4.69, 9.17) is 14.2 Å². The highest BCUT2D eigenvalue weighted by Crippen LogP contribution is 2.36. The van der Waals surface area contributed by atoms with Crippen LogP contribution >= 0.6 is 15.9 Å². The molecule has 0 heterocycles. The maximum Gasteiger partial charge on any atom is 0.175 e. The number of benzene rings is 1. The van der Waals surface area contributed by atoms with Crippen molar-refractivity contribution in [1.29, 1.82) is 0 Å². The Hall–Kier alpha value is -0.780. The Bertz CT molecular complexity index is 385. The zero-order chi connectivity index (χ0) is 14.1. The van der Waals surface area contributed by atoms with E-state index in [1.807, 2.05) is 19.1 Å². The third-order valence-electron chi connectivity index (χ3n) is 2.48. The minimum atomic E-state index is 0.502. The van der Waals surface area contributed by atoms with Crippen LogP contribution in [0.15, 0.2) is 16.6 Å². The van der Waals surface area contributed by atoms with E-state index in [1.165, 1.54) is 0 Å². The van der Waals surface area contributed by atoms with Gasteiger partial charge < -0.3 is 19.5 Å². The van der Waals surface area contributed by atoms with Gasteiger partial charge in [0.25, 0.3) is 0 Å². The van der Waals surface area contributed by atoms with E-state index in [-0.39, 0.29) is 0 Å². The fourth-order valence-electron chi connectivity index (χ4n) is 1.62. The topological polar surface area (TPSA) is 39.7 Å². The lowest BCUT2D eigenvalue weighted by Gasteiger charge is -2.15. The molecule has 0 aliphatic heterocycles. The second-order valence-electron chi connectivity index (χ2n) is 3.96. The largest absolute Gasteiger partial charge is 0.490 e. The molecule has 1 rings (SSSR count). The fraction of sp³-hybridized carbons (Fsp3) is 0.571. The third kappa shape index (κ3) is 5.38.